The Labute approximate surface area is 142 Å². The molecule has 25 heavy (non-hydrogen) atoms. The maximum atomic E-state index is 13.6. The highest BCUT2D eigenvalue weighted by atomic mass is 19.1. The molecule has 2 aromatic carbocycles. The number of benzene rings is 2. The van der Waals surface area contributed by atoms with Crippen molar-refractivity contribution in [3.05, 3.63) is 65.2 Å². The van der Waals surface area contributed by atoms with Gasteiger partial charge < -0.3 is 14.2 Å². The minimum Gasteiger partial charge on any atom is -0.493 e. The fraction of sp³-hybridized carbons (Fsp3) is 0.111. The molecule has 0 aliphatic heterocycles. The van der Waals surface area contributed by atoms with Crippen molar-refractivity contribution in [3.63, 3.8) is 0 Å². The van der Waals surface area contributed by atoms with Crippen LogP contribution in [-0.4, -0.2) is 26.2 Å². The highest BCUT2D eigenvalue weighted by Crippen LogP contribution is 2.29. The maximum Gasteiger partial charge on any atom is 0.346 e. The molecule has 7 heteroatoms. The lowest BCUT2D eigenvalue weighted by Gasteiger charge is -2.10. The van der Waals surface area contributed by atoms with E-state index in [1.54, 1.807) is 6.07 Å². The van der Waals surface area contributed by atoms with E-state index in [9.17, 15) is 18.4 Å². The summed E-state index contributed by atoms with van der Waals surface area (Å²) in [6.45, 7) is 0. The summed E-state index contributed by atoms with van der Waals surface area (Å²) in [6.07, 6.45) is 2.70. The molecule has 0 N–H and O–H groups in total. The fourth-order valence-electron chi connectivity index (χ4n) is 1.91. The Bertz CT molecular complexity index is 830. The molecule has 0 saturated carbocycles. The van der Waals surface area contributed by atoms with Gasteiger partial charge in [0.1, 0.15) is 11.6 Å². The predicted molar refractivity (Wildman–Crippen MR) is 85.4 cm³/mol. The van der Waals surface area contributed by atoms with E-state index in [0.717, 1.165) is 12.1 Å². The van der Waals surface area contributed by atoms with Gasteiger partial charge in [0.25, 0.3) is 0 Å². The third-order valence-corrected chi connectivity index (χ3v) is 3.15. The average molecular weight is 348 g/mol. The van der Waals surface area contributed by atoms with Crippen molar-refractivity contribution in [2.45, 2.75) is 0 Å². The van der Waals surface area contributed by atoms with Gasteiger partial charge in [0.05, 0.1) is 19.8 Å². The van der Waals surface area contributed by atoms with Gasteiger partial charge >= 0.3 is 11.9 Å². The molecule has 0 saturated heterocycles. The van der Waals surface area contributed by atoms with Crippen LogP contribution in [-0.2, 0) is 9.53 Å². The molecule has 2 aromatic rings. The van der Waals surface area contributed by atoms with Crippen LogP contribution in [0.4, 0.5) is 8.78 Å². The fourth-order valence-corrected chi connectivity index (χ4v) is 1.91. The molecule has 0 unspecified atom stereocenters. The van der Waals surface area contributed by atoms with Gasteiger partial charge in [-0.25, -0.2) is 18.4 Å². The first-order chi connectivity index (χ1) is 11.9. The third kappa shape index (κ3) is 4.63. The SMILES string of the molecule is COC(=O)/C=C/c1ccc(OC(=O)c2ccc(F)cc2F)c(OC)c1. The van der Waals surface area contributed by atoms with E-state index in [0.29, 0.717) is 11.6 Å². The summed E-state index contributed by atoms with van der Waals surface area (Å²) in [5.74, 6) is -3.10. The van der Waals surface area contributed by atoms with Crippen LogP contribution in [0.3, 0.4) is 0 Å². The Kier molecular flexibility index (Phi) is 5.84. The number of hydrogen-bond donors (Lipinski definition) is 0. The minimum atomic E-state index is -1.03. The molecule has 0 radical (unpaired) electrons. The van der Waals surface area contributed by atoms with Crippen molar-refractivity contribution in [2.24, 2.45) is 0 Å². The van der Waals surface area contributed by atoms with E-state index < -0.39 is 29.1 Å². The standard InChI is InChI=1S/C18H14F2O5/c1-23-16-9-11(4-8-17(21)24-2)3-7-15(16)25-18(22)13-6-5-12(19)10-14(13)20/h3-10H,1-2H3/b8-4+. The molecule has 0 aromatic heterocycles. The summed E-state index contributed by atoms with van der Waals surface area (Å²) in [4.78, 5) is 23.1. The predicted octanol–water partition coefficient (Wildman–Crippen LogP) is 3.38. The minimum absolute atomic E-state index is 0.0476. The van der Waals surface area contributed by atoms with Crippen LogP contribution in [0, 0.1) is 11.6 Å². The summed E-state index contributed by atoms with van der Waals surface area (Å²) in [5, 5.41) is 0. The van der Waals surface area contributed by atoms with Crippen molar-refractivity contribution in [3.8, 4) is 11.5 Å². The van der Waals surface area contributed by atoms with E-state index in [1.165, 1.54) is 38.5 Å². The van der Waals surface area contributed by atoms with Crippen LogP contribution in [0.15, 0.2) is 42.5 Å². The van der Waals surface area contributed by atoms with Crippen molar-refractivity contribution in [1.29, 1.82) is 0 Å². The van der Waals surface area contributed by atoms with Gasteiger partial charge in [-0.2, -0.15) is 0 Å². The molecule has 0 amide bonds. The molecule has 0 fully saturated rings. The smallest absolute Gasteiger partial charge is 0.346 e. The monoisotopic (exact) mass is 348 g/mol. The number of ether oxygens (including phenoxy) is 3. The summed E-state index contributed by atoms with van der Waals surface area (Å²) in [6, 6.07) is 7.04. The second-order valence-electron chi connectivity index (χ2n) is 4.78. The Morgan fingerprint density at radius 3 is 2.40 bits per heavy atom. The van der Waals surface area contributed by atoms with E-state index >= 15 is 0 Å². The average Bonchev–Trinajstić information content (AvgIpc) is 2.60. The van der Waals surface area contributed by atoms with Crippen molar-refractivity contribution < 1.29 is 32.6 Å². The van der Waals surface area contributed by atoms with Gasteiger partial charge in [-0.05, 0) is 35.9 Å². The molecule has 0 atom stereocenters. The largest absolute Gasteiger partial charge is 0.493 e. The number of rotatable bonds is 5. The lowest BCUT2D eigenvalue weighted by Crippen LogP contribution is -2.11. The molecule has 0 spiro atoms. The lowest BCUT2D eigenvalue weighted by molar-refractivity contribution is -0.134. The molecule has 0 aliphatic rings. The summed E-state index contributed by atoms with van der Waals surface area (Å²) in [7, 11) is 2.61. The zero-order valence-corrected chi connectivity index (χ0v) is 13.4. The zero-order chi connectivity index (χ0) is 18.4. The summed E-state index contributed by atoms with van der Waals surface area (Å²) >= 11 is 0. The number of methoxy groups -OCH3 is 2. The molecule has 5 nitrogen and oxygen atoms in total. The maximum absolute atomic E-state index is 13.6. The van der Waals surface area contributed by atoms with Gasteiger partial charge in [-0.15, -0.1) is 0 Å². The lowest BCUT2D eigenvalue weighted by atomic mass is 10.2. The summed E-state index contributed by atoms with van der Waals surface area (Å²) < 4.78 is 41.3. The number of halogens is 2. The third-order valence-electron chi connectivity index (χ3n) is 3.15. The Morgan fingerprint density at radius 2 is 1.76 bits per heavy atom. The van der Waals surface area contributed by atoms with Crippen LogP contribution in [0.1, 0.15) is 15.9 Å². The molecule has 2 rings (SSSR count). The van der Waals surface area contributed by atoms with Crippen LogP contribution in [0.2, 0.25) is 0 Å². The molecular weight excluding hydrogens is 334 g/mol. The normalized spacial score (nSPS) is 10.6. The number of carbonyl (C=O) groups excluding carboxylic acids is 2. The van der Waals surface area contributed by atoms with Gasteiger partial charge in [-0.3, -0.25) is 0 Å². The van der Waals surface area contributed by atoms with E-state index in [2.05, 4.69) is 4.74 Å². The summed E-state index contributed by atoms with van der Waals surface area (Å²) in [5.41, 5.74) is 0.188. The second-order valence-corrected chi connectivity index (χ2v) is 4.78. The van der Waals surface area contributed by atoms with E-state index in [-0.39, 0.29) is 11.5 Å². The molecular formula is C18H14F2O5. The molecule has 130 valence electrons. The molecule has 0 heterocycles. The highest BCUT2D eigenvalue weighted by molar-refractivity contribution is 5.91. The first-order valence-electron chi connectivity index (χ1n) is 7.06. The Morgan fingerprint density at radius 1 is 1.00 bits per heavy atom. The Balaban J connectivity index is 2.23. The second kappa shape index (κ2) is 8.05. The van der Waals surface area contributed by atoms with Crippen molar-refractivity contribution in [2.75, 3.05) is 14.2 Å². The van der Waals surface area contributed by atoms with E-state index in [1.807, 2.05) is 0 Å². The van der Waals surface area contributed by atoms with Crippen molar-refractivity contribution >= 4 is 18.0 Å². The zero-order valence-electron chi connectivity index (χ0n) is 13.4. The number of esters is 2. The van der Waals surface area contributed by atoms with Gasteiger partial charge in [0.15, 0.2) is 11.5 Å². The van der Waals surface area contributed by atoms with Crippen LogP contribution < -0.4 is 9.47 Å². The highest BCUT2D eigenvalue weighted by Gasteiger charge is 2.17. The topological polar surface area (TPSA) is 61.8 Å². The van der Waals surface area contributed by atoms with Gasteiger partial charge in [0, 0.05) is 12.1 Å². The van der Waals surface area contributed by atoms with Crippen LogP contribution in [0.5, 0.6) is 11.5 Å². The molecule has 0 bridgehead atoms. The van der Waals surface area contributed by atoms with Crippen LogP contribution >= 0.6 is 0 Å². The first-order valence-corrected chi connectivity index (χ1v) is 7.06. The van der Waals surface area contributed by atoms with Crippen LogP contribution in [0.25, 0.3) is 6.08 Å². The number of hydrogen-bond acceptors (Lipinski definition) is 5. The van der Waals surface area contributed by atoms with Crippen molar-refractivity contribution in [1.82, 2.24) is 0 Å². The number of carbonyl (C=O) groups is 2. The van der Waals surface area contributed by atoms with Gasteiger partial charge in [0.2, 0.25) is 0 Å². The Hall–Kier alpha value is -3.22. The first kappa shape index (κ1) is 18.1. The van der Waals surface area contributed by atoms with Gasteiger partial charge in [-0.1, -0.05) is 6.07 Å². The van der Waals surface area contributed by atoms with E-state index in [4.69, 9.17) is 9.47 Å². The quantitative estimate of drug-likeness (QED) is 0.471. The molecule has 0 aliphatic carbocycles.